The Balaban J connectivity index is 1.94. The molecule has 1 heterocycles. The highest BCUT2D eigenvalue weighted by Gasteiger charge is 2.31. The van der Waals surface area contributed by atoms with Crippen molar-refractivity contribution >= 4 is 0 Å². The molecule has 2 rings (SSSR count). The molecule has 0 radical (unpaired) electrons. The van der Waals surface area contributed by atoms with E-state index in [1.807, 2.05) is 0 Å². The lowest BCUT2D eigenvalue weighted by Crippen LogP contribution is -2.44. The molecule has 118 valence electrons. The van der Waals surface area contributed by atoms with Crippen LogP contribution in [-0.4, -0.2) is 36.2 Å². The van der Waals surface area contributed by atoms with Crippen LogP contribution in [0, 0.1) is 5.41 Å². The van der Waals surface area contributed by atoms with Crippen LogP contribution in [0.1, 0.15) is 30.9 Å². The number of benzene rings is 1. The highest BCUT2D eigenvalue weighted by molar-refractivity contribution is 5.25. The lowest BCUT2D eigenvalue weighted by Gasteiger charge is -2.39. The molecule has 1 aromatic carbocycles. The van der Waals surface area contributed by atoms with Crippen LogP contribution in [0.3, 0.4) is 0 Å². The first-order chi connectivity index (χ1) is 9.82. The fourth-order valence-corrected chi connectivity index (χ4v) is 2.94. The number of piperidine rings is 1. The van der Waals surface area contributed by atoms with Crippen LogP contribution < -0.4 is 0 Å². The monoisotopic (exact) mass is 301 g/mol. The van der Waals surface area contributed by atoms with Gasteiger partial charge in [-0.25, -0.2) is 0 Å². The van der Waals surface area contributed by atoms with Crippen LogP contribution in [0.5, 0.6) is 0 Å². The Morgan fingerprint density at radius 1 is 1.33 bits per heavy atom. The van der Waals surface area contributed by atoms with E-state index in [4.69, 9.17) is 0 Å². The van der Waals surface area contributed by atoms with Crippen LogP contribution >= 0.6 is 0 Å². The van der Waals surface area contributed by atoms with Gasteiger partial charge in [-0.3, -0.25) is 0 Å². The number of hydrogen-bond donors (Lipinski definition) is 1. The fraction of sp³-hybridized carbons (Fsp3) is 0.625. The highest BCUT2D eigenvalue weighted by Crippen LogP contribution is 2.30. The topological polar surface area (TPSA) is 23.5 Å². The summed E-state index contributed by atoms with van der Waals surface area (Å²) >= 11 is 0. The molecule has 1 N–H and O–H groups in total. The molecule has 21 heavy (non-hydrogen) atoms. The van der Waals surface area contributed by atoms with E-state index in [9.17, 15) is 18.3 Å². The normalized spacial score (nSPS) is 24.2. The molecule has 2 nitrogen and oxygen atoms in total. The third kappa shape index (κ3) is 4.45. The molecule has 0 amide bonds. The summed E-state index contributed by atoms with van der Waals surface area (Å²) in [5.41, 5.74) is 0.0476. The van der Waals surface area contributed by atoms with E-state index in [0.717, 1.165) is 38.5 Å². The first-order valence-electron chi connectivity index (χ1n) is 7.32. The summed E-state index contributed by atoms with van der Waals surface area (Å²) in [6.45, 7) is 4.71. The van der Waals surface area contributed by atoms with E-state index >= 15 is 0 Å². The van der Waals surface area contributed by atoms with Crippen molar-refractivity contribution in [2.75, 3.05) is 26.2 Å². The van der Waals surface area contributed by atoms with E-state index in [2.05, 4.69) is 11.8 Å². The molecular weight excluding hydrogens is 279 g/mol. The number of rotatable bonds is 4. The molecule has 0 aromatic heterocycles. The maximum atomic E-state index is 12.7. The van der Waals surface area contributed by atoms with Crippen molar-refractivity contribution in [1.29, 1.82) is 0 Å². The smallest absolute Gasteiger partial charge is 0.396 e. The van der Waals surface area contributed by atoms with Gasteiger partial charge in [-0.1, -0.05) is 25.1 Å². The Bertz CT molecular complexity index is 475. The molecule has 1 atom stereocenters. The molecule has 0 saturated carbocycles. The Hall–Kier alpha value is -1.07. The second-order valence-corrected chi connectivity index (χ2v) is 6.30. The van der Waals surface area contributed by atoms with Crippen LogP contribution in [0.15, 0.2) is 24.3 Å². The lowest BCUT2D eigenvalue weighted by atomic mass is 9.83. The second kappa shape index (κ2) is 6.36. The zero-order chi connectivity index (χ0) is 15.5. The Morgan fingerprint density at radius 2 is 2.10 bits per heavy atom. The zero-order valence-electron chi connectivity index (χ0n) is 12.3. The molecule has 1 saturated heterocycles. The van der Waals surface area contributed by atoms with Gasteiger partial charge in [-0.05, 0) is 37.4 Å². The van der Waals surface area contributed by atoms with Gasteiger partial charge in [-0.15, -0.1) is 0 Å². The predicted octanol–water partition coefficient (Wildman–Crippen LogP) is 3.34. The third-order valence-electron chi connectivity index (χ3n) is 4.21. The molecule has 5 heteroatoms. The van der Waals surface area contributed by atoms with E-state index < -0.39 is 11.7 Å². The summed E-state index contributed by atoms with van der Waals surface area (Å²) in [4.78, 5) is 2.24. The van der Waals surface area contributed by atoms with E-state index in [0.29, 0.717) is 12.0 Å². The zero-order valence-corrected chi connectivity index (χ0v) is 12.3. The number of aliphatic hydroxyl groups is 1. The van der Waals surface area contributed by atoms with E-state index in [1.165, 1.54) is 12.1 Å². The van der Waals surface area contributed by atoms with Gasteiger partial charge in [0.1, 0.15) is 0 Å². The maximum absolute atomic E-state index is 12.7. The molecule has 1 fully saturated rings. The standard InChI is InChI=1S/C16H22F3NO/c1-15(12-21)7-3-8-20(11-15)9-6-13-4-2-5-14(10-13)16(17,18)19/h2,4-5,10,21H,3,6-9,11-12H2,1H3/t15-/m0/s1. The van der Waals surface area contributed by atoms with Gasteiger partial charge in [0.25, 0.3) is 0 Å². The summed E-state index contributed by atoms with van der Waals surface area (Å²) < 4.78 is 38.0. The second-order valence-electron chi connectivity index (χ2n) is 6.30. The molecule has 0 unspecified atom stereocenters. The summed E-state index contributed by atoms with van der Waals surface area (Å²) in [7, 11) is 0. The van der Waals surface area contributed by atoms with Gasteiger partial charge < -0.3 is 10.0 Å². The quantitative estimate of drug-likeness (QED) is 0.922. The number of halogens is 3. The average Bonchev–Trinajstić information content (AvgIpc) is 2.45. The minimum Gasteiger partial charge on any atom is -0.396 e. The van der Waals surface area contributed by atoms with E-state index in [1.54, 1.807) is 6.07 Å². The minimum absolute atomic E-state index is 0.0773. The van der Waals surface area contributed by atoms with Crippen LogP contribution in [0.2, 0.25) is 0 Å². The van der Waals surface area contributed by atoms with Crippen molar-refractivity contribution in [2.45, 2.75) is 32.4 Å². The van der Waals surface area contributed by atoms with Gasteiger partial charge in [0.15, 0.2) is 0 Å². The number of hydrogen-bond acceptors (Lipinski definition) is 2. The first kappa shape index (κ1) is 16.3. The summed E-state index contributed by atoms with van der Waals surface area (Å²) in [6, 6.07) is 5.54. The van der Waals surface area contributed by atoms with Crippen molar-refractivity contribution in [3.8, 4) is 0 Å². The summed E-state index contributed by atoms with van der Waals surface area (Å²) in [5, 5.41) is 9.43. The summed E-state index contributed by atoms with van der Waals surface area (Å²) in [6.07, 6.45) is -1.65. The Labute approximate surface area is 123 Å². The lowest BCUT2D eigenvalue weighted by molar-refractivity contribution is -0.137. The Morgan fingerprint density at radius 3 is 2.76 bits per heavy atom. The predicted molar refractivity (Wildman–Crippen MR) is 76.0 cm³/mol. The number of nitrogens with zero attached hydrogens (tertiary/aromatic N) is 1. The first-order valence-corrected chi connectivity index (χ1v) is 7.32. The van der Waals surface area contributed by atoms with Crippen molar-refractivity contribution < 1.29 is 18.3 Å². The van der Waals surface area contributed by atoms with Gasteiger partial charge in [0.05, 0.1) is 5.56 Å². The molecule has 1 aliphatic rings. The average molecular weight is 301 g/mol. The molecule has 0 bridgehead atoms. The van der Waals surface area contributed by atoms with Crippen molar-refractivity contribution in [2.24, 2.45) is 5.41 Å². The summed E-state index contributed by atoms with van der Waals surface area (Å²) in [5.74, 6) is 0. The van der Waals surface area contributed by atoms with Crippen LogP contribution in [-0.2, 0) is 12.6 Å². The van der Waals surface area contributed by atoms with Gasteiger partial charge >= 0.3 is 6.18 Å². The van der Waals surface area contributed by atoms with E-state index in [-0.39, 0.29) is 12.0 Å². The molecule has 0 aliphatic carbocycles. The third-order valence-corrected chi connectivity index (χ3v) is 4.21. The van der Waals surface area contributed by atoms with Crippen molar-refractivity contribution in [3.05, 3.63) is 35.4 Å². The fourth-order valence-electron chi connectivity index (χ4n) is 2.94. The largest absolute Gasteiger partial charge is 0.416 e. The van der Waals surface area contributed by atoms with Crippen LogP contribution in [0.4, 0.5) is 13.2 Å². The Kier molecular flexibility index (Phi) is 4.94. The molecule has 0 spiro atoms. The van der Waals surface area contributed by atoms with Gasteiger partial charge in [0, 0.05) is 25.1 Å². The number of aliphatic hydroxyl groups excluding tert-OH is 1. The maximum Gasteiger partial charge on any atom is 0.416 e. The minimum atomic E-state index is -4.28. The molecule has 1 aliphatic heterocycles. The van der Waals surface area contributed by atoms with Gasteiger partial charge in [0.2, 0.25) is 0 Å². The molecular formula is C16H22F3NO. The molecule has 1 aromatic rings. The highest BCUT2D eigenvalue weighted by atomic mass is 19.4. The van der Waals surface area contributed by atoms with Crippen molar-refractivity contribution in [3.63, 3.8) is 0 Å². The van der Waals surface area contributed by atoms with Crippen molar-refractivity contribution in [1.82, 2.24) is 4.90 Å². The van der Waals surface area contributed by atoms with Gasteiger partial charge in [-0.2, -0.15) is 13.2 Å². The van der Waals surface area contributed by atoms with Crippen LogP contribution in [0.25, 0.3) is 0 Å². The SMILES string of the molecule is C[C@]1(CO)CCCN(CCc2cccc(C(F)(F)F)c2)C1. The number of alkyl halides is 3. The number of likely N-dealkylation sites (tertiary alicyclic amines) is 1.